The van der Waals surface area contributed by atoms with Crippen LogP contribution in [0.1, 0.15) is 181 Å². The van der Waals surface area contributed by atoms with Gasteiger partial charge in [-0.1, -0.05) is 20.8 Å². The fourth-order valence-corrected chi connectivity index (χ4v) is 18.6. The average molecular weight is 1860 g/mol. The summed E-state index contributed by atoms with van der Waals surface area (Å²) >= 11 is 0. The number of likely N-dealkylation sites (tertiary alicyclic amines) is 5. The number of hydrogen-bond donors (Lipinski definition) is 2. The second-order valence-corrected chi connectivity index (χ2v) is 36.4. The highest BCUT2D eigenvalue weighted by atomic mass is 16.5. The van der Waals surface area contributed by atoms with Crippen molar-refractivity contribution in [2.24, 2.45) is 17.8 Å². The molecule has 5 aromatic carbocycles. The topological polar surface area (TPSA) is 297 Å². The first-order valence-electron chi connectivity index (χ1n) is 47.7. The second kappa shape index (κ2) is 44.6. The Balaban J connectivity index is 0.000000125. The number of pyridine rings is 5. The van der Waals surface area contributed by atoms with Crippen LogP contribution in [-0.4, -0.2) is 245 Å². The summed E-state index contributed by atoms with van der Waals surface area (Å²) in [5.74, 6) is 3.53. The van der Waals surface area contributed by atoms with E-state index in [1.54, 1.807) is 103 Å². The van der Waals surface area contributed by atoms with E-state index in [1.165, 1.54) is 25.7 Å². The molecule has 138 heavy (non-hydrogen) atoms. The maximum absolute atomic E-state index is 12.9. The van der Waals surface area contributed by atoms with E-state index < -0.39 is 0 Å². The van der Waals surface area contributed by atoms with Crippen LogP contribution in [0.15, 0.2) is 244 Å². The number of methoxy groups -OCH3 is 3. The molecule has 712 valence electrons. The molecule has 0 spiro atoms. The molecular weight excluding hydrogens is 1740 g/mol. The summed E-state index contributed by atoms with van der Waals surface area (Å²) in [5, 5.41) is 10.1. The van der Waals surface area contributed by atoms with Gasteiger partial charge in [0.1, 0.15) is 39.7 Å². The highest BCUT2D eigenvalue weighted by Gasteiger charge is 2.30. The van der Waals surface area contributed by atoms with Crippen LogP contribution >= 0.6 is 0 Å². The molecule has 15 aromatic rings. The predicted molar refractivity (Wildman–Crippen MR) is 536 cm³/mol. The first-order valence-corrected chi connectivity index (χ1v) is 47.7. The van der Waals surface area contributed by atoms with Crippen LogP contribution in [-0.2, 0) is 4.74 Å². The summed E-state index contributed by atoms with van der Waals surface area (Å²) in [4.78, 5) is 134. The number of fused-ring (bicyclic) bond motifs is 5. The summed E-state index contributed by atoms with van der Waals surface area (Å²) in [5.41, 5.74) is 13.9. The molecule has 0 bridgehead atoms. The fourth-order valence-electron chi connectivity index (χ4n) is 18.6. The van der Waals surface area contributed by atoms with Crippen molar-refractivity contribution in [1.29, 1.82) is 0 Å². The molecule has 10 aromatic heterocycles. The molecule has 2 N–H and O–H groups in total. The standard InChI is InChI=1S/C23H26N4O3.C22H24N4O2.C22H25N3O2.C21H22N4O2.C21H23N3O2/c1-30-14-10-24-22(28)17-5-7-20(8-6-17)27-13-9-18-15-19(16-25-21(18)27)23(29)26-11-3-2-4-12-26;1-24(2)21(27)16-6-8-19(9-7-16)26-13-10-17-14-18(15-23-20(17)26)22(28)25-11-4-3-5-12-25;1-15-10-16(2)14-24(13-15)22(26)18-11-17-8-9-25(21(17)23-12-18)19-4-6-20(27-3)7-5-19;1-22-20(26)15-5-7-18(8-6-15)25-12-9-16-13-17(14-23-19(16)25)21(27)24-10-3-2-4-11-24;1-15-7-10-23(11-8-15)21(25)17-13-16-9-12-24(20(16)22-14-17)18-3-5-19(26-2)6-4-18/h5-9,13,15-16H,2-4,10-12,14H2,1H3,(H,24,28);6-10,13-15H,3-5,11-12H2,1-2H3;4-9,11-12,15-16H,10,13-14H2,1-3H3;5-9,12-14H,2-4,10-11H2,1H3,(H,22,26);3-6,9,12-15H,7-8,10-11H2,1-2H3/t;;15-,16+;;. The number of benzene rings is 5. The Labute approximate surface area is 803 Å². The van der Waals surface area contributed by atoms with Crippen molar-refractivity contribution in [3.8, 4) is 39.9 Å². The van der Waals surface area contributed by atoms with Crippen molar-refractivity contribution >= 4 is 102 Å². The molecule has 2 atom stereocenters. The van der Waals surface area contributed by atoms with E-state index in [9.17, 15) is 38.4 Å². The molecule has 5 fully saturated rings. The smallest absolute Gasteiger partial charge is 0.255 e. The number of carbonyl (C=O) groups excluding carboxylic acids is 8. The molecule has 29 nitrogen and oxygen atoms in total. The third-order valence-electron chi connectivity index (χ3n) is 26.2. The third kappa shape index (κ3) is 22.5. The van der Waals surface area contributed by atoms with Gasteiger partial charge in [-0.05, 0) is 277 Å². The number of amides is 8. The molecule has 20 rings (SSSR count). The third-order valence-corrected chi connectivity index (χ3v) is 26.2. The van der Waals surface area contributed by atoms with E-state index in [4.69, 9.17) is 14.2 Å². The van der Waals surface area contributed by atoms with Crippen molar-refractivity contribution in [1.82, 2.24) is 87.8 Å². The Bertz CT molecular complexity index is 6800. The van der Waals surface area contributed by atoms with Crippen LogP contribution in [0.2, 0.25) is 0 Å². The minimum absolute atomic E-state index is 0.0251. The van der Waals surface area contributed by atoms with Gasteiger partial charge in [-0.3, -0.25) is 38.4 Å². The number of carbonyl (C=O) groups is 8. The van der Waals surface area contributed by atoms with E-state index in [0.717, 1.165) is 212 Å². The first kappa shape index (κ1) is 96.0. The number of rotatable bonds is 18. The second-order valence-electron chi connectivity index (χ2n) is 36.4. The normalized spacial score (nSPS) is 15.6. The number of nitrogens with one attached hydrogen (secondary N) is 2. The fraction of sp³-hybridized carbons (Fsp3) is 0.330. The molecule has 0 saturated carbocycles. The summed E-state index contributed by atoms with van der Waals surface area (Å²) in [6, 6.07) is 57.4. The van der Waals surface area contributed by atoms with Crippen molar-refractivity contribution in [2.45, 2.75) is 97.8 Å². The van der Waals surface area contributed by atoms with Crippen molar-refractivity contribution in [3.63, 3.8) is 0 Å². The van der Waals surface area contributed by atoms with Gasteiger partial charge in [-0.15, -0.1) is 0 Å². The monoisotopic (exact) mass is 1860 g/mol. The van der Waals surface area contributed by atoms with Crippen LogP contribution in [0.25, 0.3) is 83.6 Å². The molecule has 0 radical (unpaired) electrons. The zero-order chi connectivity index (χ0) is 96.5. The van der Waals surface area contributed by atoms with Crippen molar-refractivity contribution in [3.05, 3.63) is 288 Å². The van der Waals surface area contributed by atoms with Crippen molar-refractivity contribution in [2.75, 3.05) is 121 Å². The van der Waals surface area contributed by atoms with Gasteiger partial charge < -0.3 is 77.1 Å². The van der Waals surface area contributed by atoms with Gasteiger partial charge in [0.2, 0.25) is 0 Å². The van der Waals surface area contributed by atoms with Crippen molar-refractivity contribution < 1.29 is 52.6 Å². The summed E-state index contributed by atoms with van der Waals surface area (Å²) in [6.45, 7) is 15.9. The van der Waals surface area contributed by atoms with Crippen LogP contribution in [0.4, 0.5) is 0 Å². The van der Waals surface area contributed by atoms with E-state index in [-0.39, 0.29) is 47.3 Å². The molecule has 15 heterocycles. The van der Waals surface area contributed by atoms with E-state index >= 15 is 0 Å². The number of ether oxygens (including phenoxy) is 3. The highest BCUT2D eigenvalue weighted by Crippen LogP contribution is 2.32. The highest BCUT2D eigenvalue weighted by molar-refractivity contribution is 6.02. The molecule has 0 aliphatic carbocycles. The number of aromatic nitrogens is 10. The lowest BCUT2D eigenvalue weighted by Crippen LogP contribution is -2.42. The molecule has 29 heteroatoms. The Kier molecular flexibility index (Phi) is 31.0. The predicted octanol–water partition coefficient (Wildman–Crippen LogP) is 17.5. The van der Waals surface area contributed by atoms with Gasteiger partial charge in [0, 0.05) is 234 Å². The Morgan fingerprint density at radius 2 is 0.609 bits per heavy atom. The van der Waals surface area contributed by atoms with Gasteiger partial charge >= 0.3 is 0 Å². The molecular formula is C109H120N18O11. The maximum Gasteiger partial charge on any atom is 0.255 e. The lowest BCUT2D eigenvalue weighted by Gasteiger charge is -2.35. The minimum Gasteiger partial charge on any atom is -0.497 e. The quantitative estimate of drug-likeness (QED) is 0.0754. The van der Waals surface area contributed by atoms with Gasteiger partial charge in [-0.2, -0.15) is 0 Å². The molecule has 5 saturated heterocycles. The Morgan fingerprint density at radius 3 is 0.891 bits per heavy atom. The maximum atomic E-state index is 12.9. The van der Waals surface area contributed by atoms with Crippen LogP contribution < -0.4 is 20.1 Å². The molecule has 8 amide bonds. The lowest BCUT2D eigenvalue weighted by atomic mass is 9.91. The number of nitrogens with zero attached hydrogens (tertiary/aromatic N) is 16. The van der Waals surface area contributed by atoms with Gasteiger partial charge in [0.15, 0.2) is 0 Å². The van der Waals surface area contributed by atoms with Gasteiger partial charge in [-0.25, -0.2) is 24.9 Å². The van der Waals surface area contributed by atoms with Crippen LogP contribution in [0.3, 0.4) is 0 Å². The Hall–Kier alpha value is -15.1. The van der Waals surface area contributed by atoms with Crippen LogP contribution in [0, 0.1) is 17.8 Å². The lowest BCUT2D eigenvalue weighted by molar-refractivity contribution is 0.0621. The van der Waals surface area contributed by atoms with E-state index in [1.807, 2.05) is 236 Å². The Morgan fingerprint density at radius 1 is 0.333 bits per heavy atom. The minimum atomic E-state index is -0.130. The zero-order valence-electron chi connectivity index (χ0n) is 79.9. The number of piperidine rings is 5. The summed E-state index contributed by atoms with van der Waals surface area (Å²) < 4.78 is 25.3. The van der Waals surface area contributed by atoms with Gasteiger partial charge in [0.25, 0.3) is 47.3 Å². The zero-order valence-corrected chi connectivity index (χ0v) is 79.9. The summed E-state index contributed by atoms with van der Waals surface area (Å²) in [6.07, 6.45) is 31.5. The molecule has 0 unspecified atom stereocenters. The molecule has 5 aliphatic heterocycles. The number of hydrogen-bond acceptors (Lipinski definition) is 16. The van der Waals surface area contributed by atoms with Gasteiger partial charge in [0.05, 0.1) is 48.6 Å². The van der Waals surface area contributed by atoms with E-state index in [0.29, 0.717) is 75.4 Å². The largest absolute Gasteiger partial charge is 0.497 e. The SMILES string of the molecule is CN(C)C(=O)c1ccc(-n2ccc3cc(C(=O)N4CCCCC4)cnc32)cc1.CNC(=O)c1ccc(-n2ccc3cc(C(=O)N4CCCCC4)cnc32)cc1.COCCNC(=O)c1ccc(-n2ccc3cc(C(=O)N4CCCCC4)cnc32)cc1.COc1ccc(-n2ccc3cc(C(=O)N4CCC(C)CC4)cnc32)cc1.COc1ccc(-n2ccc3cc(C(=O)N4C[C@H](C)C[C@H](C)C4)cnc32)cc1. The average Bonchev–Trinajstić information content (AvgIpc) is 1.66. The van der Waals surface area contributed by atoms with E-state index in [2.05, 4.69) is 56.3 Å². The summed E-state index contributed by atoms with van der Waals surface area (Å²) in [7, 11) is 10.0. The molecule has 5 aliphatic rings. The first-order chi connectivity index (χ1) is 67.1. The van der Waals surface area contributed by atoms with Crippen LogP contribution in [0.5, 0.6) is 11.5 Å².